The van der Waals surface area contributed by atoms with E-state index in [9.17, 15) is 0 Å². The first-order valence-corrected chi connectivity index (χ1v) is 5.22. The minimum Gasteiger partial charge on any atom is -0.312 e. The Morgan fingerprint density at radius 2 is 1.93 bits per heavy atom. The summed E-state index contributed by atoms with van der Waals surface area (Å²) in [5.41, 5.74) is 2.12. The molecule has 0 bridgehead atoms. The van der Waals surface area contributed by atoms with E-state index in [0.717, 1.165) is 24.2 Å². The molecule has 0 heterocycles. The van der Waals surface area contributed by atoms with Crippen LogP contribution in [0.1, 0.15) is 31.9 Å². The fraction of sp³-hybridized carbons (Fsp3) is 0.462. The number of nitrogens with one attached hydrogen (secondary N) is 1. The van der Waals surface area contributed by atoms with Gasteiger partial charge in [0.2, 0.25) is 0 Å². The Hall–Kier alpha value is -1.33. The van der Waals surface area contributed by atoms with Crippen LogP contribution < -0.4 is 5.32 Å². The second-order valence-electron chi connectivity index (χ2n) is 4.93. The molecule has 15 heavy (non-hydrogen) atoms. The molecule has 0 radical (unpaired) electrons. The van der Waals surface area contributed by atoms with E-state index in [4.69, 9.17) is 5.26 Å². The van der Waals surface area contributed by atoms with Gasteiger partial charge in [-0.25, -0.2) is 0 Å². The highest BCUT2D eigenvalue weighted by atomic mass is 14.9. The Kier molecular flexibility index (Phi) is 3.88. The zero-order valence-electron chi connectivity index (χ0n) is 9.67. The third kappa shape index (κ3) is 4.14. The molecule has 0 spiro atoms. The topological polar surface area (TPSA) is 35.8 Å². The lowest BCUT2D eigenvalue weighted by Gasteiger charge is -2.18. The van der Waals surface area contributed by atoms with Gasteiger partial charge in [0, 0.05) is 13.1 Å². The van der Waals surface area contributed by atoms with E-state index in [0.29, 0.717) is 0 Å². The number of hydrogen-bond donors (Lipinski definition) is 1. The Morgan fingerprint density at radius 3 is 2.53 bits per heavy atom. The van der Waals surface area contributed by atoms with Gasteiger partial charge in [-0.05, 0) is 17.0 Å². The zero-order chi connectivity index (χ0) is 11.3. The van der Waals surface area contributed by atoms with E-state index < -0.39 is 0 Å². The minimum absolute atomic E-state index is 0.279. The molecule has 0 aromatic heterocycles. The molecule has 1 aromatic carbocycles. The number of rotatable bonds is 3. The minimum atomic E-state index is 0.279. The highest BCUT2D eigenvalue weighted by Crippen LogP contribution is 2.12. The first-order chi connectivity index (χ1) is 7.03. The molecule has 1 N–H and O–H groups in total. The van der Waals surface area contributed by atoms with Crippen LogP contribution in [0.25, 0.3) is 0 Å². The van der Waals surface area contributed by atoms with Gasteiger partial charge in [0.15, 0.2) is 0 Å². The largest absolute Gasteiger partial charge is 0.312 e. The molecule has 0 fully saturated rings. The normalized spacial score (nSPS) is 11.1. The van der Waals surface area contributed by atoms with Crippen LogP contribution in [-0.4, -0.2) is 6.54 Å². The third-order valence-electron chi connectivity index (χ3n) is 2.11. The van der Waals surface area contributed by atoms with Crippen molar-refractivity contribution < 1.29 is 0 Å². The molecule has 0 aliphatic heterocycles. The van der Waals surface area contributed by atoms with E-state index in [1.807, 2.05) is 24.3 Å². The first kappa shape index (κ1) is 11.7. The van der Waals surface area contributed by atoms with Crippen molar-refractivity contribution in [1.29, 1.82) is 5.26 Å². The average Bonchev–Trinajstić information content (AvgIpc) is 2.16. The van der Waals surface area contributed by atoms with Gasteiger partial charge in [-0.15, -0.1) is 0 Å². The van der Waals surface area contributed by atoms with E-state index in [-0.39, 0.29) is 5.41 Å². The van der Waals surface area contributed by atoms with Gasteiger partial charge >= 0.3 is 0 Å². The van der Waals surface area contributed by atoms with Gasteiger partial charge in [-0.2, -0.15) is 5.26 Å². The van der Waals surface area contributed by atoms with Gasteiger partial charge in [0.1, 0.15) is 0 Å². The van der Waals surface area contributed by atoms with Crippen LogP contribution in [0.15, 0.2) is 24.3 Å². The summed E-state index contributed by atoms with van der Waals surface area (Å²) in [5.74, 6) is 0. The Labute approximate surface area is 91.9 Å². The lowest BCUT2D eigenvalue weighted by atomic mass is 9.97. The van der Waals surface area contributed by atoms with Crippen molar-refractivity contribution in [2.75, 3.05) is 6.54 Å². The molecule has 1 rings (SSSR count). The van der Waals surface area contributed by atoms with E-state index in [2.05, 4.69) is 32.2 Å². The van der Waals surface area contributed by atoms with Gasteiger partial charge in [0.05, 0.1) is 11.6 Å². The zero-order valence-corrected chi connectivity index (χ0v) is 9.67. The molecule has 1 aromatic rings. The molecule has 2 nitrogen and oxygen atoms in total. The molecule has 80 valence electrons. The SMILES string of the molecule is CC(C)(C)CNCc1ccccc1C#N. The number of benzene rings is 1. The summed E-state index contributed by atoms with van der Waals surface area (Å²) in [6.07, 6.45) is 0. The highest BCUT2D eigenvalue weighted by Gasteiger charge is 2.09. The second-order valence-corrected chi connectivity index (χ2v) is 4.93. The van der Waals surface area contributed by atoms with Crippen molar-refractivity contribution in [3.63, 3.8) is 0 Å². The molecular formula is C13H18N2. The van der Waals surface area contributed by atoms with Crippen LogP contribution in [0.4, 0.5) is 0 Å². The average molecular weight is 202 g/mol. The molecule has 0 atom stereocenters. The first-order valence-electron chi connectivity index (χ1n) is 5.22. The predicted octanol–water partition coefficient (Wildman–Crippen LogP) is 2.69. The summed E-state index contributed by atoms with van der Waals surface area (Å²) in [7, 11) is 0. The maximum atomic E-state index is 8.90. The van der Waals surface area contributed by atoms with Crippen LogP contribution >= 0.6 is 0 Å². The fourth-order valence-corrected chi connectivity index (χ4v) is 1.36. The molecule has 0 saturated carbocycles. The standard InChI is InChI=1S/C13H18N2/c1-13(2,3)10-15-9-12-7-5-4-6-11(12)8-14/h4-7,15H,9-10H2,1-3H3. The molecule has 0 amide bonds. The predicted molar refractivity (Wildman–Crippen MR) is 62.3 cm³/mol. The maximum absolute atomic E-state index is 8.90. The summed E-state index contributed by atoms with van der Waals surface area (Å²) in [6.45, 7) is 8.29. The highest BCUT2D eigenvalue weighted by molar-refractivity contribution is 5.37. The molecule has 0 unspecified atom stereocenters. The van der Waals surface area contributed by atoms with E-state index >= 15 is 0 Å². The lowest BCUT2D eigenvalue weighted by molar-refractivity contribution is 0.379. The monoisotopic (exact) mass is 202 g/mol. The summed E-state index contributed by atoms with van der Waals surface area (Å²) in [5, 5.41) is 12.3. The molecular weight excluding hydrogens is 184 g/mol. The molecule has 0 aliphatic rings. The number of nitrogens with zero attached hydrogens (tertiary/aromatic N) is 1. The van der Waals surface area contributed by atoms with E-state index in [1.54, 1.807) is 0 Å². The van der Waals surface area contributed by atoms with Crippen molar-refractivity contribution in [2.45, 2.75) is 27.3 Å². The van der Waals surface area contributed by atoms with Crippen molar-refractivity contribution in [3.05, 3.63) is 35.4 Å². The molecule has 0 saturated heterocycles. The van der Waals surface area contributed by atoms with Crippen molar-refractivity contribution in [2.24, 2.45) is 5.41 Å². The third-order valence-corrected chi connectivity index (χ3v) is 2.11. The van der Waals surface area contributed by atoms with Gasteiger partial charge in [0.25, 0.3) is 0 Å². The van der Waals surface area contributed by atoms with Crippen molar-refractivity contribution in [3.8, 4) is 6.07 Å². The van der Waals surface area contributed by atoms with Gasteiger partial charge < -0.3 is 5.32 Å². The summed E-state index contributed by atoms with van der Waals surface area (Å²) >= 11 is 0. The van der Waals surface area contributed by atoms with Crippen LogP contribution in [-0.2, 0) is 6.54 Å². The van der Waals surface area contributed by atoms with Crippen molar-refractivity contribution in [1.82, 2.24) is 5.32 Å². The fourth-order valence-electron chi connectivity index (χ4n) is 1.36. The number of nitriles is 1. The van der Waals surface area contributed by atoms with Gasteiger partial charge in [-0.3, -0.25) is 0 Å². The smallest absolute Gasteiger partial charge is 0.0995 e. The Morgan fingerprint density at radius 1 is 1.27 bits per heavy atom. The Balaban J connectivity index is 2.55. The summed E-state index contributed by atoms with van der Waals surface area (Å²) < 4.78 is 0. The van der Waals surface area contributed by atoms with Crippen LogP contribution in [0.2, 0.25) is 0 Å². The molecule has 2 heteroatoms. The number of hydrogen-bond acceptors (Lipinski definition) is 2. The van der Waals surface area contributed by atoms with Crippen LogP contribution in [0, 0.1) is 16.7 Å². The Bertz CT molecular complexity index is 356. The molecule has 0 aliphatic carbocycles. The second kappa shape index (κ2) is 4.95. The summed E-state index contributed by atoms with van der Waals surface area (Å²) in [4.78, 5) is 0. The van der Waals surface area contributed by atoms with E-state index in [1.165, 1.54) is 0 Å². The van der Waals surface area contributed by atoms with Crippen LogP contribution in [0.3, 0.4) is 0 Å². The van der Waals surface area contributed by atoms with Crippen LogP contribution in [0.5, 0.6) is 0 Å². The van der Waals surface area contributed by atoms with Crippen molar-refractivity contribution >= 4 is 0 Å². The van der Waals surface area contributed by atoms with Gasteiger partial charge in [-0.1, -0.05) is 39.0 Å². The maximum Gasteiger partial charge on any atom is 0.0995 e. The quantitative estimate of drug-likeness (QED) is 0.818. The lowest BCUT2D eigenvalue weighted by Crippen LogP contribution is -2.26. The summed E-state index contributed by atoms with van der Waals surface area (Å²) in [6, 6.07) is 9.91.